The van der Waals surface area contributed by atoms with Gasteiger partial charge in [-0.05, 0) is 61.0 Å². The van der Waals surface area contributed by atoms with Gasteiger partial charge in [-0.1, -0.05) is 0 Å². The van der Waals surface area contributed by atoms with E-state index in [0.717, 1.165) is 48.3 Å². The molecule has 2 heterocycles. The summed E-state index contributed by atoms with van der Waals surface area (Å²) in [5, 5.41) is 2.00. The summed E-state index contributed by atoms with van der Waals surface area (Å²) < 4.78 is 24.2. The summed E-state index contributed by atoms with van der Waals surface area (Å²) in [6.45, 7) is 1.41. The SMILES string of the molecule is COc1cc(N2CCCC2)c(OC)cc1/C=C1\SC(=O)N(CC(=O)Nc2ccc(F)cc2)C1=O. The molecule has 2 saturated heterocycles. The van der Waals surface area contributed by atoms with E-state index in [1.807, 2.05) is 6.07 Å². The lowest BCUT2D eigenvalue weighted by Crippen LogP contribution is -2.36. The van der Waals surface area contributed by atoms with Crippen LogP contribution in [0.4, 0.5) is 20.6 Å². The van der Waals surface area contributed by atoms with Gasteiger partial charge in [0.15, 0.2) is 0 Å². The van der Waals surface area contributed by atoms with E-state index < -0.39 is 29.4 Å². The molecule has 0 radical (unpaired) electrons. The Kier molecular flexibility index (Phi) is 7.06. The Bertz CT molecular complexity index is 1150. The summed E-state index contributed by atoms with van der Waals surface area (Å²) in [7, 11) is 3.12. The molecule has 0 aromatic heterocycles. The van der Waals surface area contributed by atoms with E-state index in [1.54, 1.807) is 26.4 Å². The van der Waals surface area contributed by atoms with Crippen LogP contribution in [0, 0.1) is 5.82 Å². The van der Waals surface area contributed by atoms with Crippen LogP contribution in [0.15, 0.2) is 41.3 Å². The highest BCUT2D eigenvalue weighted by Gasteiger charge is 2.36. The monoisotopic (exact) mass is 485 g/mol. The molecular formula is C24H24FN3O5S. The van der Waals surface area contributed by atoms with E-state index in [2.05, 4.69) is 10.2 Å². The predicted molar refractivity (Wildman–Crippen MR) is 129 cm³/mol. The number of imide groups is 1. The number of methoxy groups -OCH3 is 2. The highest BCUT2D eigenvalue weighted by atomic mass is 32.2. The minimum absolute atomic E-state index is 0.175. The fraction of sp³-hybridized carbons (Fsp3) is 0.292. The number of carbonyl (C=O) groups excluding carboxylic acids is 3. The fourth-order valence-electron chi connectivity index (χ4n) is 3.88. The molecule has 3 amide bonds. The second kappa shape index (κ2) is 10.2. The maximum absolute atomic E-state index is 13.0. The quantitative estimate of drug-likeness (QED) is 0.591. The number of amides is 3. The van der Waals surface area contributed by atoms with Gasteiger partial charge in [0.2, 0.25) is 5.91 Å². The van der Waals surface area contributed by atoms with Crippen molar-refractivity contribution in [1.29, 1.82) is 0 Å². The van der Waals surface area contributed by atoms with Crippen LogP contribution in [-0.2, 0) is 9.59 Å². The first-order valence-corrected chi connectivity index (χ1v) is 11.5. The molecule has 0 unspecified atom stereocenters. The zero-order valence-corrected chi connectivity index (χ0v) is 19.6. The number of nitrogens with zero attached hydrogens (tertiary/aromatic N) is 2. The van der Waals surface area contributed by atoms with Gasteiger partial charge in [-0.25, -0.2) is 4.39 Å². The standard InChI is InChI=1S/C24H24FN3O5S/c1-32-19-13-18(27-9-3-4-10-27)20(33-2)11-15(19)12-21-23(30)28(24(31)34-21)14-22(29)26-17-7-5-16(25)6-8-17/h5-8,11-13H,3-4,9-10,14H2,1-2H3,(H,26,29)/b21-12-. The number of hydrogen-bond donors (Lipinski definition) is 1. The number of thioether (sulfide) groups is 1. The maximum Gasteiger partial charge on any atom is 0.294 e. The van der Waals surface area contributed by atoms with Gasteiger partial charge >= 0.3 is 0 Å². The van der Waals surface area contributed by atoms with Crippen LogP contribution in [-0.4, -0.2) is 55.8 Å². The molecule has 2 aliphatic heterocycles. The Balaban J connectivity index is 1.53. The summed E-state index contributed by atoms with van der Waals surface area (Å²) in [5.74, 6) is -0.386. The van der Waals surface area contributed by atoms with E-state index in [-0.39, 0.29) is 4.91 Å². The molecule has 10 heteroatoms. The number of hydrogen-bond acceptors (Lipinski definition) is 7. The second-order valence-corrected chi connectivity index (χ2v) is 8.78. The van der Waals surface area contributed by atoms with Crippen molar-refractivity contribution in [3.63, 3.8) is 0 Å². The average Bonchev–Trinajstić information content (AvgIpc) is 3.45. The molecule has 1 N–H and O–H groups in total. The first-order valence-electron chi connectivity index (χ1n) is 10.7. The molecule has 0 aliphatic carbocycles. The molecule has 2 aliphatic rings. The van der Waals surface area contributed by atoms with Crippen LogP contribution in [0.2, 0.25) is 0 Å². The van der Waals surface area contributed by atoms with Crippen molar-refractivity contribution >= 4 is 46.3 Å². The third-order valence-electron chi connectivity index (χ3n) is 5.57. The summed E-state index contributed by atoms with van der Waals surface area (Å²) >= 11 is 0.751. The van der Waals surface area contributed by atoms with Crippen molar-refractivity contribution in [1.82, 2.24) is 4.90 Å². The molecule has 8 nitrogen and oxygen atoms in total. The summed E-state index contributed by atoms with van der Waals surface area (Å²) in [6, 6.07) is 8.85. The average molecular weight is 486 g/mol. The second-order valence-electron chi connectivity index (χ2n) is 7.78. The number of rotatable bonds is 7. The zero-order valence-electron chi connectivity index (χ0n) is 18.8. The first-order chi connectivity index (χ1) is 16.4. The Morgan fingerprint density at radius 3 is 2.41 bits per heavy atom. The lowest BCUT2D eigenvalue weighted by molar-refractivity contribution is -0.127. The minimum atomic E-state index is -0.575. The molecule has 2 aromatic carbocycles. The highest BCUT2D eigenvalue weighted by Crippen LogP contribution is 2.40. The molecule has 0 atom stereocenters. The van der Waals surface area contributed by atoms with Crippen LogP contribution in [0.5, 0.6) is 11.5 Å². The van der Waals surface area contributed by atoms with Crippen LogP contribution < -0.4 is 19.7 Å². The molecule has 2 aromatic rings. The number of ether oxygens (including phenoxy) is 2. The van der Waals surface area contributed by atoms with Gasteiger partial charge in [0, 0.05) is 30.4 Å². The number of benzene rings is 2. The molecule has 0 saturated carbocycles. The first kappa shape index (κ1) is 23.6. The van der Waals surface area contributed by atoms with Crippen molar-refractivity contribution in [3.05, 3.63) is 52.7 Å². The van der Waals surface area contributed by atoms with Crippen molar-refractivity contribution in [2.24, 2.45) is 0 Å². The lowest BCUT2D eigenvalue weighted by Gasteiger charge is -2.22. The third-order valence-corrected chi connectivity index (χ3v) is 6.48. The molecular weight excluding hydrogens is 461 g/mol. The summed E-state index contributed by atoms with van der Waals surface area (Å²) in [5.41, 5.74) is 1.87. The van der Waals surface area contributed by atoms with E-state index >= 15 is 0 Å². The normalized spacial score (nSPS) is 17.0. The van der Waals surface area contributed by atoms with E-state index in [4.69, 9.17) is 9.47 Å². The van der Waals surface area contributed by atoms with E-state index in [1.165, 1.54) is 24.3 Å². The van der Waals surface area contributed by atoms with Gasteiger partial charge < -0.3 is 19.7 Å². The fourth-order valence-corrected chi connectivity index (χ4v) is 4.71. The van der Waals surface area contributed by atoms with Gasteiger partial charge in [-0.3, -0.25) is 19.3 Å². The molecule has 0 bridgehead atoms. The Morgan fingerprint density at radius 2 is 1.76 bits per heavy atom. The van der Waals surface area contributed by atoms with Crippen LogP contribution in [0.3, 0.4) is 0 Å². The minimum Gasteiger partial charge on any atom is -0.496 e. The topological polar surface area (TPSA) is 88.2 Å². The van der Waals surface area contributed by atoms with Gasteiger partial charge in [-0.15, -0.1) is 0 Å². The van der Waals surface area contributed by atoms with Gasteiger partial charge in [-0.2, -0.15) is 0 Å². The van der Waals surface area contributed by atoms with Crippen molar-refractivity contribution in [2.45, 2.75) is 12.8 Å². The van der Waals surface area contributed by atoms with Crippen LogP contribution in [0.1, 0.15) is 18.4 Å². The molecule has 178 valence electrons. The number of halogens is 1. The lowest BCUT2D eigenvalue weighted by atomic mass is 10.1. The van der Waals surface area contributed by atoms with Gasteiger partial charge in [0.25, 0.3) is 11.1 Å². The molecule has 0 spiro atoms. The largest absolute Gasteiger partial charge is 0.496 e. The van der Waals surface area contributed by atoms with Crippen LogP contribution in [0.25, 0.3) is 6.08 Å². The smallest absolute Gasteiger partial charge is 0.294 e. The maximum atomic E-state index is 13.0. The molecule has 2 fully saturated rings. The molecule has 34 heavy (non-hydrogen) atoms. The number of carbonyl (C=O) groups is 3. The van der Waals surface area contributed by atoms with E-state index in [9.17, 15) is 18.8 Å². The van der Waals surface area contributed by atoms with Crippen molar-refractivity contribution in [2.75, 3.05) is 44.1 Å². The number of anilines is 2. The highest BCUT2D eigenvalue weighted by molar-refractivity contribution is 8.18. The Morgan fingerprint density at radius 1 is 1.09 bits per heavy atom. The third kappa shape index (κ3) is 5.01. The van der Waals surface area contributed by atoms with Crippen LogP contribution >= 0.6 is 11.8 Å². The van der Waals surface area contributed by atoms with Gasteiger partial charge in [0.05, 0.1) is 24.8 Å². The zero-order chi connectivity index (χ0) is 24.2. The van der Waals surface area contributed by atoms with E-state index in [0.29, 0.717) is 22.7 Å². The Hall–Kier alpha value is -3.53. The number of nitrogens with one attached hydrogen (secondary N) is 1. The Labute approximate surface area is 200 Å². The van der Waals surface area contributed by atoms with Gasteiger partial charge in [0.1, 0.15) is 23.9 Å². The summed E-state index contributed by atoms with van der Waals surface area (Å²) in [6.07, 6.45) is 3.78. The predicted octanol–water partition coefficient (Wildman–Crippen LogP) is 4.12. The summed E-state index contributed by atoms with van der Waals surface area (Å²) in [4.78, 5) is 41.0. The molecule has 4 rings (SSSR count). The van der Waals surface area contributed by atoms with Crippen molar-refractivity contribution in [3.8, 4) is 11.5 Å². The van der Waals surface area contributed by atoms with Crippen molar-refractivity contribution < 1.29 is 28.2 Å².